The quantitative estimate of drug-likeness (QED) is 0.622. The van der Waals surface area contributed by atoms with Gasteiger partial charge in [-0.3, -0.25) is 9.59 Å². The number of amides is 2. The van der Waals surface area contributed by atoms with Crippen molar-refractivity contribution in [3.8, 4) is 0 Å². The van der Waals surface area contributed by atoms with Gasteiger partial charge in [-0.1, -0.05) is 58.1 Å². The van der Waals surface area contributed by atoms with Crippen LogP contribution in [0, 0.1) is 17.7 Å². The van der Waals surface area contributed by atoms with Crippen LogP contribution in [0.2, 0.25) is 0 Å². The highest BCUT2D eigenvalue weighted by Gasteiger charge is 2.38. The first kappa shape index (κ1) is 23.1. The third-order valence-corrected chi connectivity index (χ3v) is 7.35. The van der Waals surface area contributed by atoms with Gasteiger partial charge in [-0.05, 0) is 48.8 Å². The number of nitrogens with one attached hydrogen (secondary N) is 1. The summed E-state index contributed by atoms with van der Waals surface area (Å²) in [5.74, 6) is -0.0240. The molecule has 0 aliphatic heterocycles. The Morgan fingerprint density at radius 3 is 2.37 bits per heavy atom. The molecule has 2 fully saturated rings. The van der Waals surface area contributed by atoms with Crippen LogP contribution in [0.1, 0.15) is 76.8 Å². The normalized spacial score (nSPS) is 26.1. The van der Waals surface area contributed by atoms with Crippen molar-refractivity contribution in [3.63, 3.8) is 0 Å². The van der Waals surface area contributed by atoms with Crippen LogP contribution in [-0.2, 0) is 9.59 Å². The molecule has 0 radical (unpaired) electrons. The summed E-state index contributed by atoms with van der Waals surface area (Å²) < 4.78 is 13.6. The first-order valence-corrected chi connectivity index (χ1v) is 11.9. The zero-order chi connectivity index (χ0) is 21.7. The van der Waals surface area contributed by atoms with E-state index in [1.807, 2.05) is 0 Å². The molecule has 6 heteroatoms. The van der Waals surface area contributed by atoms with E-state index in [-0.39, 0.29) is 35.6 Å². The number of rotatable bonds is 6. The Balaban J connectivity index is 1.92. The summed E-state index contributed by atoms with van der Waals surface area (Å²) in [5.41, 5.74) is 0.634. The maximum atomic E-state index is 13.6. The molecular formula is C24H34ClFN2O2. The Kier molecular flexibility index (Phi) is 8.15. The summed E-state index contributed by atoms with van der Waals surface area (Å²) in [6, 6.07) is 5.21. The van der Waals surface area contributed by atoms with Crippen LogP contribution in [-0.4, -0.2) is 34.7 Å². The largest absolute Gasteiger partial charge is 0.351 e. The molecule has 0 bridgehead atoms. The predicted molar refractivity (Wildman–Crippen MR) is 118 cm³/mol. The van der Waals surface area contributed by atoms with Gasteiger partial charge in [0.05, 0.1) is 0 Å². The number of nitrogens with zero attached hydrogens (tertiary/aromatic N) is 1. The predicted octanol–water partition coefficient (Wildman–Crippen LogP) is 5.21. The highest BCUT2D eigenvalue weighted by Crippen LogP contribution is 2.33. The fourth-order valence-electron chi connectivity index (χ4n) is 5.12. The van der Waals surface area contributed by atoms with E-state index >= 15 is 0 Å². The molecule has 1 aromatic rings. The minimum absolute atomic E-state index is 0.0199. The highest BCUT2D eigenvalue weighted by atomic mass is 35.5. The minimum atomic E-state index is -0.788. The summed E-state index contributed by atoms with van der Waals surface area (Å²) in [6.45, 7) is 4.41. The molecule has 4 atom stereocenters. The first-order chi connectivity index (χ1) is 14.4. The van der Waals surface area contributed by atoms with Crippen LogP contribution in [0.25, 0.3) is 0 Å². The molecule has 1 N–H and O–H groups in total. The van der Waals surface area contributed by atoms with Crippen molar-refractivity contribution in [2.24, 2.45) is 11.8 Å². The fraction of sp³-hybridized carbons (Fsp3) is 0.667. The molecule has 0 unspecified atom stereocenters. The molecule has 0 spiro atoms. The maximum absolute atomic E-state index is 13.6. The van der Waals surface area contributed by atoms with Crippen molar-refractivity contribution in [1.29, 1.82) is 0 Å². The van der Waals surface area contributed by atoms with Gasteiger partial charge in [-0.15, -0.1) is 11.6 Å². The second-order valence-electron chi connectivity index (χ2n) is 9.06. The smallest absolute Gasteiger partial charge is 0.247 e. The Morgan fingerprint density at radius 2 is 1.73 bits per heavy atom. The maximum Gasteiger partial charge on any atom is 0.247 e. The van der Waals surface area contributed by atoms with Gasteiger partial charge in [0.1, 0.15) is 17.7 Å². The molecule has 0 heterocycles. The third-order valence-electron chi connectivity index (χ3n) is 7.12. The summed E-state index contributed by atoms with van der Waals surface area (Å²) in [4.78, 5) is 28.2. The summed E-state index contributed by atoms with van der Waals surface area (Å²) in [7, 11) is 0. The Morgan fingerprint density at radius 1 is 1.07 bits per heavy atom. The highest BCUT2D eigenvalue weighted by molar-refractivity contribution is 6.27. The van der Waals surface area contributed by atoms with Crippen molar-refractivity contribution in [2.75, 3.05) is 5.88 Å². The molecule has 1 aromatic carbocycles. The van der Waals surface area contributed by atoms with E-state index in [9.17, 15) is 14.0 Å². The van der Waals surface area contributed by atoms with E-state index < -0.39 is 6.04 Å². The van der Waals surface area contributed by atoms with Gasteiger partial charge in [-0.25, -0.2) is 4.39 Å². The summed E-state index contributed by atoms with van der Waals surface area (Å²) in [5, 5.41) is 3.24. The molecule has 3 rings (SSSR count). The summed E-state index contributed by atoms with van der Waals surface area (Å²) >= 11 is 5.98. The van der Waals surface area contributed by atoms with E-state index in [2.05, 4.69) is 19.2 Å². The monoisotopic (exact) mass is 436 g/mol. The standard InChI is InChI=1S/C24H34ClFN2O2/c1-16-7-6-10-21(17(16)2)27-24(30)23(18-11-13-19(26)14-12-18)28(22(29)15-25)20-8-4-3-5-9-20/h11-14,16-17,20-21,23H,3-10,15H2,1-2H3,(H,27,30)/t16-,17-,21+,23-/m1/s1. The second-order valence-corrected chi connectivity index (χ2v) is 9.33. The van der Waals surface area contributed by atoms with Crippen LogP contribution in [0.15, 0.2) is 24.3 Å². The van der Waals surface area contributed by atoms with Crippen molar-refractivity contribution in [1.82, 2.24) is 10.2 Å². The van der Waals surface area contributed by atoms with Gasteiger partial charge < -0.3 is 10.2 Å². The fourth-order valence-corrected chi connectivity index (χ4v) is 5.26. The van der Waals surface area contributed by atoms with Gasteiger partial charge in [0.25, 0.3) is 0 Å². The molecule has 4 nitrogen and oxygen atoms in total. The van der Waals surface area contributed by atoms with Crippen LogP contribution < -0.4 is 5.32 Å². The molecule has 2 saturated carbocycles. The van der Waals surface area contributed by atoms with Crippen LogP contribution in [0.4, 0.5) is 4.39 Å². The molecule has 0 saturated heterocycles. The number of carbonyl (C=O) groups excluding carboxylic acids is 2. The molecule has 30 heavy (non-hydrogen) atoms. The Labute approximate surface area is 184 Å². The minimum Gasteiger partial charge on any atom is -0.351 e. The average molecular weight is 437 g/mol. The van der Waals surface area contributed by atoms with Crippen molar-refractivity contribution >= 4 is 23.4 Å². The van der Waals surface area contributed by atoms with Crippen molar-refractivity contribution in [2.45, 2.75) is 83.3 Å². The van der Waals surface area contributed by atoms with E-state index in [4.69, 9.17) is 11.6 Å². The Hall–Kier alpha value is -1.62. The molecule has 2 amide bonds. The van der Waals surface area contributed by atoms with E-state index in [0.29, 0.717) is 17.4 Å². The average Bonchev–Trinajstić information content (AvgIpc) is 2.76. The number of halogens is 2. The van der Waals surface area contributed by atoms with Crippen LogP contribution in [0.5, 0.6) is 0 Å². The third kappa shape index (κ3) is 5.35. The lowest BCUT2D eigenvalue weighted by Gasteiger charge is -2.41. The lowest BCUT2D eigenvalue weighted by molar-refractivity contribution is -0.143. The van der Waals surface area contributed by atoms with Gasteiger partial charge >= 0.3 is 0 Å². The van der Waals surface area contributed by atoms with Crippen molar-refractivity contribution < 1.29 is 14.0 Å². The molecule has 2 aliphatic rings. The lowest BCUT2D eigenvalue weighted by Crippen LogP contribution is -2.53. The first-order valence-electron chi connectivity index (χ1n) is 11.3. The number of hydrogen-bond donors (Lipinski definition) is 1. The van der Waals surface area contributed by atoms with Crippen molar-refractivity contribution in [3.05, 3.63) is 35.6 Å². The molecule has 166 valence electrons. The zero-order valence-electron chi connectivity index (χ0n) is 18.1. The van der Waals surface area contributed by atoms with Gasteiger partial charge in [0.15, 0.2) is 0 Å². The van der Waals surface area contributed by atoms with Gasteiger partial charge in [0.2, 0.25) is 11.8 Å². The van der Waals surface area contributed by atoms with Crippen LogP contribution in [0.3, 0.4) is 0 Å². The van der Waals surface area contributed by atoms with Gasteiger partial charge in [-0.2, -0.15) is 0 Å². The van der Waals surface area contributed by atoms with E-state index in [1.54, 1.807) is 17.0 Å². The molecule has 2 aliphatic carbocycles. The van der Waals surface area contributed by atoms with E-state index in [0.717, 1.165) is 44.9 Å². The zero-order valence-corrected chi connectivity index (χ0v) is 18.8. The SMILES string of the molecule is C[C@@H]1[C@H](C)CCC[C@@H]1NC(=O)[C@@H](c1ccc(F)cc1)N(C(=O)CCl)C1CCCCC1. The second kappa shape index (κ2) is 10.6. The number of hydrogen-bond acceptors (Lipinski definition) is 2. The van der Waals surface area contributed by atoms with Crippen LogP contribution >= 0.6 is 11.6 Å². The number of alkyl halides is 1. The Bertz CT molecular complexity index is 720. The topological polar surface area (TPSA) is 49.4 Å². The lowest BCUT2D eigenvalue weighted by atomic mass is 9.78. The molecule has 0 aromatic heterocycles. The number of carbonyl (C=O) groups is 2. The number of benzene rings is 1. The van der Waals surface area contributed by atoms with Gasteiger partial charge in [0, 0.05) is 12.1 Å². The summed E-state index contributed by atoms with van der Waals surface area (Å²) in [6.07, 6.45) is 8.15. The van der Waals surface area contributed by atoms with E-state index in [1.165, 1.54) is 18.6 Å². The molecular weight excluding hydrogens is 403 g/mol.